The Morgan fingerprint density at radius 3 is 2.63 bits per heavy atom. The van der Waals surface area contributed by atoms with Crippen LogP contribution in [0, 0.1) is 5.82 Å². The minimum atomic E-state index is -3.60. The van der Waals surface area contributed by atoms with E-state index in [4.69, 9.17) is 0 Å². The van der Waals surface area contributed by atoms with Crippen LogP contribution < -0.4 is 10.0 Å². The van der Waals surface area contributed by atoms with E-state index in [1.165, 1.54) is 12.1 Å². The number of nitrogens with zero attached hydrogens (tertiary/aromatic N) is 1. The van der Waals surface area contributed by atoms with Gasteiger partial charge in [-0.3, -0.25) is 4.98 Å². The van der Waals surface area contributed by atoms with Crippen LogP contribution in [0.4, 0.5) is 4.39 Å². The van der Waals surface area contributed by atoms with Gasteiger partial charge in [0.05, 0.1) is 4.90 Å². The fourth-order valence-corrected chi connectivity index (χ4v) is 4.08. The van der Waals surface area contributed by atoms with Gasteiger partial charge in [-0.15, -0.1) is 0 Å². The lowest BCUT2D eigenvalue weighted by Crippen LogP contribution is -2.40. The highest BCUT2D eigenvalue weighted by molar-refractivity contribution is 7.89. The number of pyridine rings is 1. The molecule has 7 heteroatoms. The Labute approximate surface area is 158 Å². The van der Waals surface area contributed by atoms with Crippen molar-refractivity contribution < 1.29 is 12.8 Å². The minimum absolute atomic E-state index is 0.236. The van der Waals surface area contributed by atoms with E-state index < -0.39 is 10.0 Å². The second-order valence-electron chi connectivity index (χ2n) is 6.49. The van der Waals surface area contributed by atoms with Gasteiger partial charge in [-0.25, -0.2) is 17.5 Å². The highest BCUT2D eigenvalue weighted by Crippen LogP contribution is 2.18. The number of benzene rings is 2. The van der Waals surface area contributed by atoms with Gasteiger partial charge in [0.1, 0.15) is 5.82 Å². The third kappa shape index (κ3) is 5.32. The number of fused-ring (bicyclic) bond motifs is 1. The van der Waals surface area contributed by atoms with Gasteiger partial charge in [0.15, 0.2) is 0 Å². The molecule has 0 bridgehead atoms. The lowest BCUT2D eigenvalue weighted by atomic mass is 10.1. The van der Waals surface area contributed by atoms with Crippen molar-refractivity contribution in [2.45, 2.75) is 24.3 Å². The quantitative estimate of drug-likeness (QED) is 0.583. The molecule has 1 heterocycles. The topological polar surface area (TPSA) is 71.1 Å². The average molecular weight is 387 g/mol. The van der Waals surface area contributed by atoms with Gasteiger partial charge in [0.25, 0.3) is 0 Å². The number of hydrogen-bond acceptors (Lipinski definition) is 4. The normalized spacial score (nSPS) is 13.0. The van der Waals surface area contributed by atoms with E-state index in [1.54, 1.807) is 48.8 Å². The summed E-state index contributed by atoms with van der Waals surface area (Å²) in [6.45, 7) is 2.99. The third-order valence-corrected chi connectivity index (χ3v) is 5.82. The van der Waals surface area contributed by atoms with Gasteiger partial charge < -0.3 is 5.32 Å². The largest absolute Gasteiger partial charge is 0.315 e. The molecular weight excluding hydrogens is 365 g/mol. The second kappa shape index (κ2) is 8.56. The molecule has 0 radical (unpaired) electrons. The molecule has 0 saturated carbocycles. The number of halogens is 1. The fraction of sp³-hybridized carbons (Fsp3) is 0.250. The van der Waals surface area contributed by atoms with Crippen molar-refractivity contribution in [3.63, 3.8) is 0 Å². The van der Waals surface area contributed by atoms with Gasteiger partial charge in [-0.1, -0.05) is 18.2 Å². The van der Waals surface area contributed by atoms with Crippen molar-refractivity contribution in [2.75, 3.05) is 13.1 Å². The highest BCUT2D eigenvalue weighted by Gasteiger charge is 2.17. The average Bonchev–Trinajstić information content (AvgIpc) is 2.66. The zero-order valence-electron chi connectivity index (χ0n) is 15.0. The summed E-state index contributed by atoms with van der Waals surface area (Å²) in [6, 6.07) is 12.9. The van der Waals surface area contributed by atoms with E-state index in [2.05, 4.69) is 15.0 Å². The molecule has 1 aromatic heterocycles. The predicted octanol–water partition coefficient (Wildman–Crippen LogP) is 2.87. The second-order valence-corrected chi connectivity index (χ2v) is 8.20. The maximum absolute atomic E-state index is 12.9. The molecule has 1 atom stereocenters. The summed E-state index contributed by atoms with van der Waals surface area (Å²) in [4.78, 5) is 4.26. The first kappa shape index (κ1) is 19.4. The van der Waals surface area contributed by atoms with Gasteiger partial charge in [-0.2, -0.15) is 0 Å². The van der Waals surface area contributed by atoms with Gasteiger partial charge >= 0.3 is 0 Å². The summed E-state index contributed by atoms with van der Waals surface area (Å²) >= 11 is 0. The summed E-state index contributed by atoms with van der Waals surface area (Å²) in [5.41, 5.74) is 1.03. The Hall–Kier alpha value is -2.35. The molecule has 0 aliphatic carbocycles. The number of nitrogens with one attached hydrogen (secondary N) is 2. The van der Waals surface area contributed by atoms with Crippen LogP contribution in [-0.4, -0.2) is 32.5 Å². The van der Waals surface area contributed by atoms with Crippen LogP contribution in [0.2, 0.25) is 0 Å². The zero-order chi connectivity index (χ0) is 19.3. The first-order chi connectivity index (χ1) is 12.9. The first-order valence-electron chi connectivity index (χ1n) is 8.75. The fourth-order valence-electron chi connectivity index (χ4n) is 2.81. The lowest BCUT2D eigenvalue weighted by molar-refractivity contribution is 0.537. The molecule has 2 aromatic carbocycles. The van der Waals surface area contributed by atoms with Crippen molar-refractivity contribution >= 4 is 20.8 Å². The first-order valence-corrected chi connectivity index (χ1v) is 10.2. The summed E-state index contributed by atoms with van der Waals surface area (Å²) in [5, 5.41) is 4.95. The number of sulfonamides is 1. The summed E-state index contributed by atoms with van der Waals surface area (Å²) < 4.78 is 40.7. The molecule has 3 aromatic rings. The molecule has 3 rings (SSSR count). The molecule has 0 amide bonds. The standard InChI is InChI=1S/C20H22FN3O2S/c1-15(13-22-10-8-16-2-5-19(21)6-3-16)24-27(25,26)20-7-4-18-14-23-11-9-17(18)12-20/h2-7,9,11-12,14-15,22,24H,8,10,13H2,1H3. The molecule has 0 spiro atoms. The third-order valence-electron chi connectivity index (χ3n) is 4.23. The monoisotopic (exact) mass is 387 g/mol. The molecule has 0 saturated heterocycles. The Bertz CT molecular complexity index is 1010. The molecule has 142 valence electrons. The van der Waals surface area contributed by atoms with Crippen molar-refractivity contribution in [2.24, 2.45) is 0 Å². The van der Waals surface area contributed by atoms with Crippen LogP contribution in [-0.2, 0) is 16.4 Å². The summed E-state index contributed by atoms with van der Waals surface area (Å²) in [6.07, 6.45) is 4.09. The molecule has 1 unspecified atom stereocenters. The Morgan fingerprint density at radius 2 is 1.85 bits per heavy atom. The molecule has 5 nitrogen and oxygen atoms in total. The zero-order valence-corrected chi connectivity index (χ0v) is 15.8. The van der Waals surface area contributed by atoms with E-state index in [9.17, 15) is 12.8 Å². The molecule has 2 N–H and O–H groups in total. The molecule has 0 aliphatic heterocycles. The Kier molecular flexibility index (Phi) is 6.15. The number of hydrogen-bond donors (Lipinski definition) is 2. The van der Waals surface area contributed by atoms with Crippen LogP contribution in [0.15, 0.2) is 65.8 Å². The van der Waals surface area contributed by atoms with E-state index in [0.29, 0.717) is 13.1 Å². The summed E-state index contributed by atoms with van der Waals surface area (Å²) in [7, 11) is -3.60. The van der Waals surface area contributed by atoms with E-state index >= 15 is 0 Å². The predicted molar refractivity (Wildman–Crippen MR) is 105 cm³/mol. The number of rotatable bonds is 8. The van der Waals surface area contributed by atoms with Gasteiger partial charge in [0.2, 0.25) is 10.0 Å². The van der Waals surface area contributed by atoms with Crippen molar-refractivity contribution in [1.29, 1.82) is 0 Å². The van der Waals surface area contributed by atoms with E-state index in [1.807, 2.05) is 6.92 Å². The minimum Gasteiger partial charge on any atom is -0.315 e. The Morgan fingerprint density at radius 1 is 1.07 bits per heavy atom. The Balaban J connectivity index is 1.52. The SMILES string of the molecule is CC(CNCCc1ccc(F)cc1)NS(=O)(=O)c1ccc2cnccc2c1. The molecule has 0 aliphatic rings. The lowest BCUT2D eigenvalue weighted by Gasteiger charge is -2.15. The van der Waals surface area contributed by atoms with Crippen LogP contribution in [0.1, 0.15) is 12.5 Å². The smallest absolute Gasteiger partial charge is 0.240 e. The maximum atomic E-state index is 12.9. The molecule has 0 fully saturated rings. The van der Waals surface area contributed by atoms with E-state index in [0.717, 1.165) is 22.8 Å². The van der Waals surface area contributed by atoms with Crippen molar-refractivity contribution in [1.82, 2.24) is 15.0 Å². The van der Waals surface area contributed by atoms with Gasteiger partial charge in [-0.05, 0) is 61.2 Å². The van der Waals surface area contributed by atoms with Crippen LogP contribution in [0.25, 0.3) is 10.8 Å². The van der Waals surface area contributed by atoms with Crippen LogP contribution in [0.3, 0.4) is 0 Å². The summed E-state index contributed by atoms with van der Waals surface area (Å²) in [5.74, 6) is -0.250. The molecular formula is C20H22FN3O2S. The van der Waals surface area contributed by atoms with Crippen molar-refractivity contribution in [3.05, 3.63) is 72.3 Å². The maximum Gasteiger partial charge on any atom is 0.240 e. The van der Waals surface area contributed by atoms with Gasteiger partial charge in [0, 0.05) is 30.4 Å². The van der Waals surface area contributed by atoms with Crippen LogP contribution >= 0.6 is 0 Å². The number of aromatic nitrogens is 1. The van der Waals surface area contributed by atoms with Crippen molar-refractivity contribution in [3.8, 4) is 0 Å². The molecule has 27 heavy (non-hydrogen) atoms. The van der Waals surface area contributed by atoms with Crippen LogP contribution in [0.5, 0.6) is 0 Å². The van der Waals surface area contributed by atoms with E-state index in [-0.39, 0.29) is 16.8 Å². The highest BCUT2D eigenvalue weighted by atomic mass is 32.2.